The summed E-state index contributed by atoms with van der Waals surface area (Å²) in [5, 5.41) is 19.1. The lowest BCUT2D eigenvalue weighted by molar-refractivity contribution is -0.384. The van der Waals surface area contributed by atoms with Crippen LogP contribution in [0.3, 0.4) is 0 Å². The van der Waals surface area contributed by atoms with Gasteiger partial charge >= 0.3 is 5.69 Å². The molecule has 0 fully saturated rings. The van der Waals surface area contributed by atoms with Crippen molar-refractivity contribution in [3.05, 3.63) is 15.8 Å². The van der Waals surface area contributed by atoms with Crippen molar-refractivity contribution in [3.8, 4) is 0 Å². The van der Waals surface area contributed by atoms with Crippen LogP contribution < -0.4 is 5.32 Å². The molecule has 0 aliphatic heterocycles. The van der Waals surface area contributed by atoms with E-state index in [2.05, 4.69) is 24.3 Å². The van der Waals surface area contributed by atoms with Crippen molar-refractivity contribution in [3.63, 3.8) is 0 Å². The monoisotopic (exact) mass is 296 g/mol. The minimum Gasteiger partial charge on any atom is -0.362 e. The van der Waals surface area contributed by atoms with Crippen LogP contribution in [0.4, 0.5) is 11.5 Å². The first-order chi connectivity index (χ1) is 9.92. The molecule has 21 heavy (non-hydrogen) atoms. The van der Waals surface area contributed by atoms with Crippen molar-refractivity contribution in [2.24, 2.45) is 7.05 Å². The Hall–Kier alpha value is -1.59. The van der Waals surface area contributed by atoms with Crippen LogP contribution >= 0.6 is 0 Å². The van der Waals surface area contributed by atoms with Gasteiger partial charge in [-0.25, -0.2) is 4.68 Å². The number of rotatable bonds is 9. The van der Waals surface area contributed by atoms with Gasteiger partial charge in [0.1, 0.15) is 5.69 Å². The maximum Gasteiger partial charge on any atom is 0.334 e. The zero-order valence-corrected chi connectivity index (χ0v) is 13.8. The third kappa shape index (κ3) is 4.44. The maximum absolute atomic E-state index is 11.4. The molecule has 0 bridgehead atoms. The van der Waals surface area contributed by atoms with E-state index in [0.29, 0.717) is 11.5 Å². The summed E-state index contributed by atoms with van der Waals surface area (Å²) in [5.41, 5.74) is 0.681. The molecule has 1 rings (SSSR count). The number of anilines is 1. The van der Waals surface area contributed by atoms with Crippen LogP contribution in [0.2, 0.25) is 0 Å². The molecule has 0 aliphatic rings. The minimum atomic E-state index is -0.312. The molecule has 0 saturated carbocycles. The van der Waals surface area contributed by atoms with E-state index in [-0.39, 0.29) is 22.6 Å². The van der Waals surface area contributed by atoms with Gasteiger partial charge in [0.2, 0.25) is 5.82 Å². The lowest BCUT2D eigenvalue weighted by Gasteiger charge is -2.18. The summed E-state index contributed by atoms with van der Waals surface area (Å²) in [6, 6.07) is 0.268. The fraction of sp³-hybridized carbons (Fsp3) is 0.800. The number of hydrogen-bond donors (Lipinski definition) is 1. The van der Waals surface area contributed by atoms with Crippen molar-refractivity contribution in [2.45, 2.75) is 71.8 Å². The largest absolute Gasteiger partial charge is 0.362 e. The fourth-order valence-electron chi connectivity index (χ4n) is 2.55. The lowest BCUT2D eigenvalue weighted by Crippen LogP contribution is -2.21. The molecule has 0 spiro atoms. The van der Waals surface area contributed by atoms with E-state index in [9.17, 15) is 10.1 Å². The van der Waals surface area contributed by atoms with Gasteiger partial charge in [0.05, 0.1) is 4.92 Å². The summed E-state index contributed by atoms with van der Waals surface area (Å²) in [6.07, 6.45) is 5.36. The van der Waals surface area contributed by atoms with E-state index in [4.69, 9.17) is 0 Å². The average molecular weight is 296 g/mol. The number of nitrogens with zero attached hydrogens (tertiary/aromatic N) is 3. The molecule has 1 atom stereocenters. The zero-order valence-electron chi connectivity index (χ0n) is 13.8. The second kappa shape index (κ2) is 8.00. The Morgan fingerprint density at radius 2 is 1.95 bits per heavy atom. The molecule has 6 heteroatoms. The van der Waals surface area contributed by atoms with Gasteiger partial charge in [-0.05, 0) is 12.8 Å². The van der Waals surface area contributed by atoms with Gasteiger partial charge in [-0.2, -0.15) is 5.10 Å². The highest BCUT2D eigenvalue weighted by molar-refractivity contribution is 5.61. The first kappa shape index (κ1) is 17.5. The van der Waals surface area contributed by atoms with E-state index >= 15 is 0 Å². The summed E-state index contributed by atoms with van der Waals surface area (Å²) in [6.45, 7) is 8.16. The third-order valence-electron chi connectivity index (χ3n) is 3.66. The van der Waals surface area contributed by atoms with Gasteiger partial charge in [-0.3, -0.25) is 10.1 Å². The van der Waals surface area contributed by atoms with Gasteiger partial charge in [-0.15, -0.1) is 0 Å². The summed E-state index contributed by atoms with van der Waals surface area (Å²) in [5.74, 6) is 0.575. The summed E-state index contributed by atoms with van der Waals surface area (Å²) >= 11 is 0. The highest BCUT2D eigenvalue weighted by atomic mass is 16.6. The zero-order chi connectivity index (χ0) is 16.0. The molecule has 120 valence electrons. The van der Waals surface area contributed by atoms with Crippen LogP contribution in [-0.4, -0.2) is 20.7 Å². The van der Waals surface area contributed by atoms with Crippen LogP contribution in [0.15, 0.2) is 0 Å². The third-order valence-corrected chi connectivity index (χ3v) is 3.66. The van der Waals surface area contributed by atoms with Gasteiger partial charge in [-0.1, -0.05) is 47.0 Å². The van der Waals surface area contributed by atoms with Crippen LogP contribution in [0.1, 0.15) is 71.4 Å². The lowest BCUT2D eigenvalue weighted by atomic mass is 10.0. The van der Waals surface area contributed by atoms with E-state index in [1.165, 1.54) is 0 Å². The molecule has 0 radical (unpaired) electrons. The molecule has 0 aliphatic carbocycles. The summed E-state index contributed by atoms with van der Waals surface area (Å²) in [7, 11) is 1.77. The van der Waals surface area contributed by atoms with Crippen molar-refractivity contribution in [2.75, 3.05) is 5.32 Å². The highest BCUT2D eigenvalue weighted by Crippen LogP contribution is 2.33. The van der Waals surface area contributed by atoms with E-state index in [0.717, 1.165) is 32.1 Å². The number of unbranched alkanes of at least 4 members (excludes halogenated alkanes) is 1. The van der Waals surface area contributed by atoms with Crippen molar-refractivity contribution in [1.29, 1.82) is 0 Å². The first-order valence-corrected chi connectivity index (χ1v) is 7.90. The Morgan fingerprint density at radius 3 is 2.43 bits per heavy atom. The van der Waals surface area contributed by atoms with Crippen LogP contribution in [0, 0.1) is 10.1 Å². The van der Waals surface area contributed by atoms with Crippen LogP contribution in [0.25, 0.3) is 0 Å². The molecule has 0 aromatic carbocycles. The second-order valence-corrected chi connectivity index (χ2v) is 5.89. The van der Waals surface area contributed by atoms with Crippen molar-refractivity contribution >= 4 is 11.5 Å². The molecule has 1 aromatic heterocycles. The molecule has 1 aromatic rings. The molecule has 0 saturated heterocycles. The standard InChI is InChI=1S/C15H28N4O2/c1-6-8-10-12(9-7-2)16-15-14(19(20)21)13(11(3)4)17-18(15)5/h11-12,16H,6-10H2,1-5H3. The molecular weight excluding hydrogens is 268 g/mol. The molecule has 1 unspecified atom stereocenters. The van der Waals surface area contributed by atoms with E-state index in [1.54, 1.807) is 11.7 Å². The van der Waals surface area contributed by atoms with Crippen molar-refractivity contribution < 1.29 is 4.92 Å². The Bertz CT molecular complexity index is 468. The SMILES string of the molecule is CCCCC(CCC)Nc1c([N+](=O)[O-])c(C(C)C)nn1C. The average Bonchev–Trinajstić information content (AvgIpc) is 2.74. The topological polar surface area (TPSA) is 73.0 Å². The van der Waals surface area contributed by atoms with Gasteiger partial charge in [0, 0.05) is 19.0 Å². The Morgan fingerprint density at radius 1 is 1.29 bits per heavy atom. The second-order valence-electron chi connectivity index (χ2n) is 5.89. The molecule has 1 heterocycles. The van der Waals surface area contributed by atoms with Gasteiger partial charge in [0.25, 0.3) is 0 Å². The molecule has 6 nitrogen and oxygen atoms in total. The fourth-order valence-corrected chi connectivity index (χ4v) is 2.55. The Balaban J connectivity index is 3.07. The highest BCUT2D eigenvalue weighted by Gasteiger charge is 2.29. The molecule has 0 amide bonds. The molecule has 1 N–H and O–H groups in total. The van der Waals surface area contributed by atoms with Gasteiger partial charge < -0.3 is 5.32 Å². The summed E-state index contributed by atoms with van der Waals surface area (Å²) in [4.78, 5) is 11.1. The van der Waals surface area contributed by atoms with E-state index in [1.807, 2.05) is 13.8 Å². The first-order valence-electron chi connectivity index (χ1n) is 7.90. The smallest absolute Gasteiger partial charge is 0.334 e. The van der Waals surface area contributed by atoms with Gasteiger partial charge in [0.15, 0.2) is 0 Å². The number of aryl methyl sites for hydroxylation is 1. The minimum absolute atomic E-state index is 0.0346. The predicted octanol–water partition coefficient (Wildman–Crippen LogP) is 4.22. The molecular formula is C15H28N4O2. The number of aromatic nitrogens is 2. The quantitative estimate of drug-likeness (QED) is 0.547. The Kier molecular flexibility index (Phi) is 6.65. The Labute approximate surface area is 127 Å². The van der Waals surface area contributed by atoms with E-state index < -0.39 is 0 Å². The normalized spacial score (nSPS) is 12.7. The van der Waals surface area contributed by atoms with Crippen molar-refractivity contribution in [1.82, 2.24) is 9.78 Å². The number of hydrogen-bond acceptors (Lipinski definition) is 4. The number of nitrogens with one attached hydrogen (secondary N) is 1. The van der Waals surface area contributed by atoms with Crippen LogP contribution in [0.5, 0.6) is 0 Å². The predicted molar refractivity (Wildman–Crippen MR) is 85.8 cm³/mol. The van der Waals surface area contributed by atoms with Crippen LogP contribution in [-0.2, 0) is 7.05 Å². The maximum atomic E-state index is 11.4. The summed E-state index contributed by atoms with van der Waals surface area (Å²) < 4.78 is 1.61. The number of nitro groups is 1.